The lowest BCUT2D eigenvalue weighted by molar-refractivity contribution is 0.0734. The number of sulfonamides is 1. The SMILES string of the molecule is COc1ccc(S(=O)(=O)Nc2cc(C(=O)N3CCc4ccccc4C3)ccc2C)cc1. The molecule has 1 amide bonds. The minimum Gasteiger partial charge on any atom is -0.497 e. The lowest BCUT2D eigenvalue weighted by atomic mass is 9.99. The van der Waals surface area contributed by atoms with Gasteiger partial charge in [-0.15, -0.1) is 0 Å². The van der Waals surface area contributed by atoms with Crippen LogP contribution in [0, 0.1) is 6.92 Å². The van der Waals surface area contributed by atoms with Crippen molar-refractivity contribution in [3.05, 3.63) is 89.0 Å². The number of anilines is 1. The summed E-state index contributed by atoms with van der Waals surface area (Å²) in [4.78, 5) is 15.0. The highest BCUT2D eigenvalue weighted by Gasteiger charge is 2.23. The van der Waals surface area contributed by atoms with E-state index in [1.165, 1.54) is 24.8 Å². The summed E-state index contributed by atoms with van der Waals surface area (Å²) < 4.78 is 33.4. The molecule has 0 unspecified atom stereocenters. The van der Waals surface area contributed by atoms with Crippen LogP contribution < -0.4 is 9.46 Å². The largest absolute Gasteiger partial charge is 0.497 e. The van der Waals surface area contributed by atoms with Gasteiger partial charge in [-0.25, -0.2) is 8.42 Å². The fraction of sp³-hybridized carbons (Fsp3) is 0.208. The number of benzene rings is 3. The van der Waals surface area contributed by atoms with Crippen LogP contribution in [0.25, 0.3) is 0 Å². The number of carbonyl (C=O) groups is 1. The average Bonchev–Trinajstić information content (AvgIpc) is 2.79. The number of nitrogens with one attached hydrogen (secondary N) is 1. The van der Waals surface area contributed by atoms with Crippen molar-refractivity contribution in [1.82, 2.24) is 4.90 Å². The molecule has 31 heavy (non-hydrogen) atoms. The van der Waals surface area contributed by atoms with Crippen molar-refractivity contribution in [2.75, 3.05) is 18.4 Å². The predicted octanol–water partition coefficient (Wildman–Crippen LogP) is 4.00. The van der Waals surface area contributed by atoms with Crippen LogP contribution in [0.5, 0.6) is 5.75 Å². The van der Waals surface area contributed by atoms with Crippen molar-refractivity contribution in [2.24, 2.45) is 0 Å². The molecule has 6 nitrogen and oxygen atoms in total. The van der Waals surface area contributed by atoms with Crippen LogP contribution in [0.1, 0.15) is 27.0 Å². The van der Waals surface area contributed by atoms with Gasteiger partial charge < -0.3 is 9.64 Å². The molecule has 1 aliphatic rings. The second-order valence-corrected chi connectivity index (χ2v) is 9.24. The molecule has 3 aromatic rings. The molecule has 0 atom stereocenters. The zero-order valence-electron chi connectivity index (χ0n) is 17.5. The first-order valence-electron chi connectivity index (χ1n) is 10.0. The van der Waals surface area contributed by atoms with E-state index < -0.39 is 10.0 Å². The van der Waals surface area contributed by atoms with E-state index in [1.54, 1.807) is 42.2 Å². The highest BCUT2D eigenvalue weighted by molar-refractivity contribution is 7.92. The summed E-state index contributed by atoms with van der Waals surface area (Å²) in [6, 6.07) is 19.4. The molecule has 160 valence electrons. The van der Waals surface area contributed by atoms with Gasteiger partial charge in [0.05, 0.1) is 17.7 Å². The van der Waals surface area contributed by atoms with Gasteiger partial charge in [0.1, 0.15) is 5.75 Å². The summed E-state index contributed by atoms with van der Waals surface area (Å²) >= 11 is 0. The summed E-state index contributed by atoms with van der Waals surface area (Å²) in [5.74, 6) is 0.463. The molecule has 0 saturated heterocycles. The van der Waals surface area contributed by atoms with Crippen LogP contribution in [-0.4, -0.2) is 32.9 Å². The smallest absolute Gasteiger partial charge is 0.261 e. The van der Waals surface area contributed by atoms with E-state index >= 15 is 0 Å². The molecule has 0 bridgehead atoms. The number of rotatable bonds is 5. The Kier molecular flexibility index (Phi) is 5.69. The van der Waals surface area contributed by atoms with Crippen molar-refractivity contribution in [2.45, 2.75) is 24.8 Å². The Balaban J connectivity index is 1.56. The Morgan fingerprint density at radius 2 is 1.71 bits per heavy atom. The van der Waals surface area contributed by atoms with E-state index in [0.717, 1.165) is 17.5 Å². The van der Waals surface area contributed by atoms with Crippen LogP contribution in [0.4, 0.5) is 5.69 Å². The standard InChI is InChI=1S/C24H24N2O4S/c1-17-7-8-19(24(27)26-14-13-18-5-3-4-6-20(18)16-26)15-23(17)25-31(28,29)22-11-9-21(30-2)10-12-22/h3-12,15,25H,13-14,16H2,1-2H3. The monoisotopic (exact) mass is 436 g/mol. The Bertz CT molecular complexity index is 1220. The van der Waals surface area contributed by atoms with Crippen LogP contribution >= 0.6 is 0 Å². The maximum atomic E-state index is 13.1. The molecule has 1 aliphatic heterocycles. The number of carbonyl (C=O) groups excluding carboxylic acids is 1. The van der Waals surface area contributed by atoms with Gasteiger partial charge >= 0.3 is 0 Å². The van der Waals surface area contributed by atoms with Gasteiger partial charge in [0.2, 0.25) is 0 Å². The highest BCUT2D eigenvalue weighted by atomic mass is 32.2. The first-order valence-corrected chi connectivity index (χ1v) is 11.5. The number of fused-ring (bicyclic) bond motifs is 1. The maximum absolute atomic E-state index is 13.1. The first kappa shape index (κ1) is 20.9. The number of ether oxygens (including phenoxy) is 1. The molecule has 3 aromatic carbocycles. The van der Waals surface area contributed by atoms with E-state index in [-0.39, 0.29) is 10.8 Å². The van der Waals surface area contributed by atoms with E-state index in [9.17, 15) is 13.2 Å². The molecule has 0 aliphatic carbocycles. The quantitative estimate of drug-likeness (QED) is 0.656. The highest BCUT2D eigenvalue weighted by Crippen LogP contribution is 2.25. The van der Waals surface area contributed by atoms with Crippen molar-refractivity contribution >= 4 is 21.6 Å². The number of amides is 1. The molecule has 0 aromatic heterocycles. The molecule has 0 radical (unpaired) electrons. The fourth-order valence-electron chi connectivity index (χ4n) is 3.68. The third kappa shape index (κ3) is 4.41. The normalized spacial score (nSPS) is 13.4. The molecule has 1 N–H and O–H groups in total. The van der Waals surface area contributed by atoms with Crippen LogP contribution in [0.15, 0.2) is 71.6 Å². The third-order valence-corrected chi connectivity index (χ3v) is 6.90. The molecule has 1 heterocycles. The first-order chi connectivity index (χ1) is 14.9. The molecular formula is C24H24N2O4S. The van der Waals surface area contributed by atoms with E-state index in [2.05, 4.69) is 10.8 Å². The number of hydrogen-bond donors (Lipinski definition) is 1. The van der Waals surface area contributed by atoms with E-state index in [0.29, 0.717) is 30.1 Å². The molecule has 7 heteroatoms. The zero-order chi connectivity index (χ0) is 22.0. The topological polar surface area (TPSA) is 75.7 Å². The van der Waals surface area contributed by atoms with Gasteiger partial charge in [0.25, 0.3) is 15.9 Å². The lowest BCUT2D eigenvalue weighted by Crippen LogP contribution is -2.36. The molecule has 0 spiro atoms. The van der Waals surface area contributed by atoms with E-state index in [4.69, 9.17) is 4.74 Å². The molecular weight excluding hydrogens is 412 g/mol. The second kappa shape index (κ2) is 8.43. The Hall–Kier alpha value is -3.32. The van der Waals surface area contributed by atoms with Gasteiger partial charge in [-0.2, -0.15) is 0 Å². The zero-order valence-corrected chi connectivity index (χ0v) is 18.3. The van der Waals surface area contributed by atoms with Crippen molar-refractivity contribution in [3.63, 3.8) is 0 Å². The number of hydrogen-bond acceptors (Lipinski definition) is 4. The van der Waals surface area contributed by atoms with Crippen LogP contribution in [0.3, 0.4) is 0 Å². The summed E-state index contributed by atoms with van der Waals surface area (Å²) in [5.41, 5.74) is 3.99. The van der Waals surface area contributed by atoms with Gasteiger partial charge in [-0.3, -0.25) is 9.52 Å². The fourth-order valence-corrected chi connectivity index (χ4v) is 4.80. The third-order valence-electron chi connectivity index (χ3n) is 5.52. The summed E-state index contributed by atoms with van der Waals surface area (Å²) in [6.07, 6.45) is 0.810. The summed E-state index contributed by atoms with van der Waals surface area (Å²) in [6.45, 7) is 2.99. The Morgan fingerprint density at radius 3 is 2.42 bits per heavy atom. The van der Waals surface area contributed by atoms with Gasteiger partial charge in [-0.05, 0) is 66.4 Å². The Morgan fingerprint density at radius 1 is 1.00 bits per heavy atom. The van der Waals surface area contributed by atoms with E-state index in [1.807, 2.05) is 18.2 Å². The van der Waals surface area contributed by atoms with Gasteiger partial charge in [0, 0.05) is 18.7 Å². The number of methoxy groups -OCH3 is 1. The van der Waals surface area contributed by atoms with Gasteiger partial charge in [0.15, 0.2) is 0 Å². The summed E-state index contributed by atoms with van der Waals surface area (Å²) in [5, 5.41) is 0. The molecule has 0 saturated carbocycles. The minimum atomic E-state index is -3.80. The lowest BCUT2D eigenvalue weighted by Gasteiger charge is -2.29. The summed E-state index contributed by atoms with van der Waals surface area (Å²) in [7, 11) is -2.28. The maximum Gasteiger partial charge on any atom is 0.261 e. The number of aryl methyl sites for hydroxylation is 1. The van der Waals surface area contributed by atoms with Crippen molar-refractivity contribution in [1.29, 1.82) is 0 Å². The predicted molar refractivity (Wildman–Crippen MR) is 120 cm³/mol. The van der Waals surface area contributed by atoms with Crippen molar-refractivity contribution in [3.8, 4) is 5.75 Å². The second-order valence-electron chi connectivity index (χ2n) is 7.56. The molecule has 0 fully saturated rings. The molecule has 4 rings (SSSR count). The van der Waals surface area contributed by atoms with Crippen molar-refractivity contribution < 1.29 is 17.9 Å². The van der Waals surface area contributed by atoms with Crippen LogP contribution in [-0.2, 0) is 23.0 Å². The van der Waals surface area contributed by atoms with Crippen LogP contribution in [0.2, 0.25) is 0 Å². The number of nitrogens with zero attached hydrogens (tertiary/aromatic N) is 1. The average molecular weight is 437 g/mol. The minimum absolute atomic E-state index is 0.112. The van der Waals surface area contributed by atoms with Gasteiger partial charge in [-0.1, -0.05) is 30.3 Å². The Labute approximate surface area is 182 Å².